The van der Waals surface area contributed by atoms with Crippen molar-refractivity contribution >= 4 is 5.69 Å². The maximum Gasteiger partial charge on any atom is 0.119 e. The zero-order chi connectivity index (χ0) is 11.0. The summed E-state index contributed by atoms with van der Waals surface area (Å²) in [5, 5.41) is 6.97. The predicted molar refractivity (Wildman–Crippen MR) is 65.3 cm³/mol. The number of hydrogen-bond donors (Lipinski definition) is 2. The molecule has 16 heavy (non-hydrogen) atoms. The molecule has 0 aliphatic carbocycles. The van der Waals surface area contributed by atoms with Crippen LogP contribution in [0.15, 0.2) is 18.2 Å². The Morgan fingerprint density at radius 3 is 2.88 bits per heavy atom. The van der Waals surface area contributed by atoms with Gasteiger partial charge >= 0.3 is 0 Å². The number of hydrogen-bond acceptors (Lipinski definition) is 3. The number of nitrogens with one attached hydrogen (secondary N) is 2. The average Bonchev–Trinajstić information content (AvgIpc) is 2.79. The molecule has 3 nitrogen and oxygen atoms in total. The molecule has 1 atom stereocenters. The minimum atomic E-state index is 0.342. The molecule has 2 aliphatic heterocycles. The molecule has 1 spiro atoms. The molecule has 1 aromatic rings. The van der Waals surface area contributed by atoms with E-state index in [0.29, 0.717) is 5.41 Å². The van der Waals surface area contributed by atoms with E-state index in [2.05, 4.69) is 22.8 Å². The van der Waals surface area contributed by atoms with Gasteiger partial charge in [0.1, 0.15) is 5.75 Å². The lowest BCUT2D eigenvalue weighted by Crippen LogP contribution is -2.36. The first-order valence-corrected chi connectivity index (χ1v) is 5.97. The van der Waals surface area contributed by atoms with Gasteiger partial charge < -0.3 is 15.4 Å². The third kappa shape index (κ3) is 1.39. The van der Waals surface area contributed by atoms with Crippen molar-refractivity contribution in [2.45, 2.75) is 18.3 Å². The Bertz CT molecular complexity index is 397. The van der Waals surface area contributed by atoms with E-state index in [4.69, 9.17) is 4.74 Å². The van der Waals surface area contributed by atoms with E-state index >= 15 is 0 Å². The number of ether oxygens (including phenoxy) is 1. The first-order valence-electron chi connectivity index (χ1n) is 5.97. The van der Waals surface area contributed by atoms with Crippen LogP contribution in [0, 0.1) is 0 Å². The molecule has 0 amide bonds. The smallest absolute Gasteiger partial charge is 0.119 e. The van der Waals surface area contributed by atoms with Gasteiger partial charge in [-0.25, -0.2) is 0 Å². The molecule has 1 saturated heterocycles. The van der Waals surface area contributed by atoms with Crippen LogP contribution >= 0.6 is 0 Å². The molecule has 0 aromatic heterocycles. The van der Waals surface area contributed by atoms with Crippen LogP contribution in [-0.2, 0) is 5.41 Å². The summed E-state index contributed by atoms with van der Waals surface area (Å²) in [5.41, 5.74) is 3.06. The minimum Gasteiger partial charge on any atom is -0.497 e. The second-order valence-electron chi connectivity index (χ2n) is 4.80. The molecule has 86 valence electrons. The van der Waals surface area contributed by atoms with E-state index in [1.165, 1.54) is 24.1 Å². The molecule has 2 aliphatic rings. The maximum absolute atomic E-state index is 5.33. The highest BCUT2D eigenvalue weighted by atomic mass is 16.5. The molecule has 1 unspecified atom stereocenters. The normalized spacial score (nSPS) is 27.6. The van der Waals surface area contributed by atoms with Gasteiger partial charge in [0.05, 0.1) is 7.11 Å². The summed E-state index contributed by atoms with van der Waals surface area (Å²) >= 11 is 0. The molecular formula is C13H18N2O. The molecule has 0 saturated carbocycles. The van der Waals surface area contributed by atoms with Crippen LogP contribution in [0.1, 0.15) is 18.4 Å². The lowest BCUT2D eigenvalue weighted by Gasteiger charge is -2.36. The van der Waals surface area contributed by atoms with Crippen LogP contribution in [0.2, 0.25) is 0 Å². The first-order chi connectivity index (χ1) is 7.84. The zero-order valence-corrected chi connectivity index (χ0v) is 9.68. The van der Waals surface area contributed by atoms with Crippen LogP contribution in [0.3, 0.4) is 0 Å². The fourth-order valence-electron chi connectivity index (χ4n) is 3.00. The van der Waals surface area contributed by atoms with Gasteiger partial charge in [0.2, 0.25) is 0 Å². The second-order valence-corrected chi connectivity index (χ2v) is 4.80. The monoisotopic (exact) mass is 218 g/mol. The number of methoxy groups -OCH3 is 1. The topological polar surface area (TPSA) is 33.3 Å². The lowest BCUT2D eigenvalue weighted by molar-refractivity contribution is 0.404. The molecule has 0 bridgehead atoms. The van der Waals surface area contributed by atoms with Crippen molar-refractivity contribution in [3.63, 3.8) is 0 Å². The SMILES string of the molecule is COc1ccc2c(c1)C1(CCNC1)CCN2. The highest BCUT2D eigenvalue weighted by molar-refractivity contribution is 5.60. The van der Waals surface area contributed by atoms with E-state index in [1.54, 1.807) is 7.11 Å². The summed E-state index contributed by atoms with van der Waals surface area (Å²) in [7, 11) is 1.73. The van der Waals surface area contributed by atoms with Crippen molar-refractivity contribution in [2.75, 3.05) is 32.1 Å². The number of rotatable bonds is 1. The molecule has 3 rings (SSSR count). The Labute approximate surface area is 96.2 Å². The highest BCUT2D eigenvalue weighted by Gasteiger charge is 2.39. The zero-order valence-electron chi connectivity index (χ0n) is 9.68. The second kappa shape index (κ2) is 3.67. The van der Waals surface area contributed by atoms with Gasteiger partial charge in [0, 0.05) is 24.2 Å². The molecular weight excluding hydrogens is 200 g/mol. The Kier molecular flexibility index (Phi) is 2.28. The standard InChI is InChI=1S/C13H18N2O/c1-16-10-2-3-12-11(8-10)13(5-7-15-12)4-6-14-9-13/h2-3,8,14-15H,4-7,9H2,1H3. The van der Waals surface area contributed by atoms with Crippen molar-refractivity contribution in [1.82, 2.24) is 5.32 Å². The molecule has 2 heterocycles. The van der Waals surface area contributed by atoms with Crippen molar-refractivity contribution in [3.8, 4) is 5.75 Å². The molecule has 1 fully saturated rings. The predicted octanol–water partition coefficient (Wildman–Crippen LogP) is 1.74. The number of benzene rings is 1. The fourth-order valence-corrected chi connectivity index (χ4v) is 3.00. The summed E-state index contributed by atoms with van der Waals surface area (Å²) in [6.45, 7) is 3.33. The summed E-state index contributed by atoms with van der Waals surface area (Å²) in [6.07, 6.45) is 2.47. The minimum absolute atomic E-state index is 0.342. The van der Waals surface area contributed by atoms with Gasteiger partial charge in [-0.3, -0.25) is 0 Å². The molecule has 2 N–H and O–H groups in total. The van der Waals surface area contributed by atoms with Gasteiger partial charge in [-0.1, -0.05) is 0 Å². The first kappa shape index (κ1) is 9.97. The van der Waals surface area contributed by atoms with Crippen LogP contribution in [0.25, 0.3) is 0 Å². The van der Waals surface area contributed by atoms with Gasteiger partial charge in [-0.2, -0.15) is 0 Å². The summed E-state index contributed by atoms with van der Waals surface area (Å²) in [6, 6.07) is 6.38. The lowest BCUT2D eigenvalue weighted by atomic mass is 9.74. The molecule has 3 heteroatoms. The molecule has 1 aromatic carbocycles. The Morgan fingerprint density at radius 1 is 1.25 bits per heavy atom. The highest BCUT2D eigenvalue weighted by Crippen LogP contribution is 2.42. The summed E-state index contributed by atoms with van der Waals surface area (Å²) in [4.78, 5) is 0. The third-order valence-electron chi connectivity index (χ3n) is 3.96. The van der Waals surface area contributed by atoms with Crippen LogP contribution in [0.5, 0.6) is 5.75 Å². The fraction of sp³-hybridized carbons (Fsp3) is 0.538. The number of anilines is 1. The van der Waals surface area contributed by atoms with Gasteiger partial charge in [0.15, 0.2) is 0 Å². The van der Waals surface area contributed by atoms with Gasteiger partial charge in [0.25, 0.3) is 0 Å². The third-order valence-corrected chi connectivity index (χ3v) is 3.96. The van der Waals surface area contributed by atoms with Crippen LogP contribution in [-0.4, -0.2) is 26.7 Å². The quantitative estimate of drug-likeness (QED) is 0.753. The van der Waals surface area contributed by atoms with E-state index < -0.39 is 0 Å². The van der Waals surface area contributed by atoms with Crippen molar-refractivity contribution in [2.24, 2.45) is 0 Å². The van der Waals surface area contributed by atoms with E-state index in [0.717, 1.165) is 25.4 Å². The van der Waals surface area contributed by atoms with E-state index in [9.17, 15) is 0 Å². The van der Waals surface area contributed by atoms with Crippen molar-refractivity contribution < 1.29 is 4.74 Å². The number of fused-ring (bicyclic) bond motifs is 2. The van der Waals surface area contributed by atoms with E-state index in [-0.39, 0.29) is 0 Å². The molecule has 0 radical (unpaired) electrons. The summed E-state index contributed by atoms with van der Waals surface area (Å²) in [5.74, 6) is 0.966. The maximum atomic E-state index is 5.33. The largest absolute Gasteiger partial charge is 0.497 e. The van der Waals surface area contributed by atoms with Crippen LogP contribution in [0.4, 0.5) is 5.69 Å². The van der Waals surface area contributed by atoms with Gasteiger partial charge in [-0.05, 0) is 43.1 Å². The Morgan fingerprint density at radius 2 is 2.12 bits per heavy atom. The van der Waals surface area contributed by atoms with Crippen LogP contribution < -0.4 is 15.4 Å². The van der Waals surface area contributed by atoms with Crippen molar-refractivity contribution in [3.05, 3.63) is 23.8 Å². The van der Waals surface area contributed by atoms with Gasteiger partial charge in [-0.15, -0.1) is 0 Å². The van der Waals surface area contributed by atoms with Crippen molar-refractivity contribution in [1.29, 1.82) is 0 Å². The average molecular weight is 218 g/mol. The Balaban J connectivity index is 2.08. The summed E-state index contributed by atoms with van der Waals surface area (Å²) < 4.78 is 5.33. The Hall–Kier alpha value is -1.22. The van der Waals surface area contributed by atoms with E-state index in [1.807, 2.05) is 6.07 Å².